The van der Waals surface area contributed by atoms with Crippen molar-refractivity contribution in [3.05, 3.63) is 26.9 Å². The summed E-state index contributed by atoms with van der Waals surface area (Å²) >= 11 is 17.5. The Morgan fingerprint density at radius 2 is 1.95 bits per heavy atom. The standard InChI is InChI=1S/C13H14Cl2N2OS/c14-9-5-11-12(6-10(9)15)17(13(19)16-11)7-8-1-3-18-4-2-8/h5-6,8H,1-4,7H2,(H,16,19). The van der Waals surface area contributed by atoms with E-state index in [2.05, 4.69) is 9.55 Å². The molecule has 0 unspecified atom stereocenters. The molecule has 19 heavy (non-hydrogen) atoms. The van der Waals surface area contributed by atoms with Gasteiger partial charge in [0.1, 0.15) is 0 Å². The second-order valence-electron chi connectivity index (χ2n) is 4.88. The van der Waals surface area contributed by atoms with Crippen molar-refractivity contribution in [2.75, 3.05) is 13.2 Å². The van der Waals surface area contributed by atoms with E-state index >= 15 is 0 Å². The van der Waals surface area contributed by atoms with Gasteiger partial charge < -0.3 is 14.3 Å². The Bertz CT molecular complexity index is 658. The number of aromatic nitrogens is 2. The summed E-state index contributed by atoms with van der Waals surface area (Å²) in [6.07, 6.45) is 2.16. The van der Waals surface area contributed by atoms with Crippen LogP contribution < -0.4 is 0 Å². The molecule has 0 atom stereocenters. The third kappa shape index (κ3) is 2.68. The van der Waals surface area contributed by atoms with Gasteiger partial charge in [0, 0.05) is 19.8 Å². The second-order valence-corrected chi connectivity index (χ2v) is 6.08. The normalized spacial score (nSPS) is 17.2. The van der Waals surface area contributed by atoms with Crippen LogP contribution in [0.4, 0.5) is 0 Å². The minimum atomic E-state index is 0.545. The van der Waals surface area contributed by atoms with Crippen LogP contribution in [0, 0.1) is 10.7 Å². The smallest absolute Gasteiger partial charge is 0.178 e. The first-order valence-corrected chi connectivity index (χ1v) is 7.47. The fraction of sp³-hybridized carbons (Fsp3) is 0.462. The number of H-pyrrole nitrogens is 1. The first-order valence-electron chi connectivity index (χ1n) is 6.30. The van der Waals surface area contributed by atoms with Crippen LogP contribution in [-0.2, 0) is 11.3 Å². The number of imidazole rings is 1. The van der Waals surface area contributed by atoms with Crippen LogP contribution in [0.2, 0.25) is 10.0 Å². The van der Waals surface area contributed by atoms with Crippen LogP contribution in [0.3, 0.4) is 0 Å². The van der Waals surface area contributed by atoms with E-state index in [4.69, 9.17) is 40.2 Å². The maximum Gasteiger partial charge on any atom is 0.178 e. The molecule has 1 saturated heterocycles. The third-order valence-electron chi connectivity index (χ3n) is 3.60. The number of nitrogens with one attached hydrogen (secondary N) is 1. The Balaban J connectivity index is 2.00. The zero-order valence-corrected chi connectivity index (χ0v) is 12.6. The molecule has 1 fully saturated rings. The van der Waals surface area contributed by atoms with E-state index in [-0.39, 0.29) is 0 Å². The van der Waals surface area contributed by atoms with Gasteiger partial charge in [0.15, 0.2) is 4.77 Å². The molecule has 0 saturated carbocycles. The largest absolute Gasteiger partial charge is 0.381 e. The maximum atomic E-state index is 6.10. The molecule has 0 bridgehead atoms. The van der Waals surface area contributed by atoms with Crippen LogP contribution in [0.1, 0.15) is 12.8 Å². The van der Waals surface area contributed by atoms with Crippen LogP contribution in [0.5, 0.6) is 0 Å². The van der Waals surface area contributed by atoms with Gasteiger partial charge in [-0.05, 0) is 43.1 Å². The van der Waals surface area contributed by atoms with Crippen LogP contribution in [0.25, 0.3) is 11.0 Å². The van der Waals surface area contributed by atoms with Gasteiger partial charge >= 0.3 is 0 Å². The van der Waals surface area contributed by atoms with Crippen LogP contribution >= 0.6 is 35.4 Å². The van der Waals surface area contributed by atoms with E-state index in [1.54, 1.807) is 0 Å². The number of fused-ring (bicyclic) bond motifs is 1. The lowest BCUT2D eigenvalue weighted by molar-refractivity contribution is 0.0615. The van der Waals surface area contributed by atoms with Crippen molar-refractivity contribution in [3.8, 4) is 0 Å². The summed E-state index contributed by atoms with van der Waals surface area (Å²) < 4.78 is 8.23. The Hall–Kier alpha value is -0.550. The Morgan fingerprint density at radius 1 is 1.26 bits per heavy atom. The molecule has 0 spiro atoms. The number of hydrogen-bond acceptors (Lipinski definition) is 2. The minimum absolute atomic E-state index is 0.545. The van der Waals surface area contributed by atoms with Gasteiger partial charge in [0.25, 0.3) is 0 Å². The second kappa shape index (κ2) is 5.44. The number of hydrogen-bond donors (Lipinski definition) is 1. The van der Waals surface area contributed by atoms with Crippen molar-refractivity contribution < 1.29 is 4.74 Å². The highest BCUT2D eigenvalue weighted by Crippen LogP contribution is 2.29. The zero-order chi connectivity index (χ0) is 13.4. The molecule has 0 aliphatic carbocycles. The predicted octanol–water partition coefficient (Wildman–Crippen LogP) is 4.43. The SMILES string of the molecule is S=c1[nH]c2cc(Cl)c(Cl)cc2n1CC1CCOCC1. The van der Waals surface area contributed by atoms with Crippen LogP contribution in [-0.4, -0.2) is 22.8 Å². The maximum absolute atomic E-state index is 6.10. The molecule has 1 aliphatic rings. The number of nitrogens with zero attached hydrogens (tertiary/aromatic N) is 1. The topological polar surface area (TPSA) is 29.9 Å². The van der Waals surface area contributed by atoms with Crippen molar-refractivity contribution in [3.63, 3.8) is 0 Å². The van der Waals surface area contributed by atoms with E-state index in [1.165, 1.54) is 0 Å². The van der Waals surface area contributed by atoms with Gasteiger partial charge in [-0.15, -0.1) is 0 Å². The fourth-order valence-electron chi connectivity index (χ4n) is 2.52. The van der Waals surface area contributed by atoms with Gasteiger partial charge in [0.05, 0.1) is 21.1 Å². The highest BCUT2D eigenvalue weighted by molar-refractivity contribution is 7.71. The summed E-state index contributed by atoms with van der Waals surface area (Å²) in [7, 11) is 0. The first kappa shape index (κ1) is 13.4. The fourth-order valence-corrected chi connectivity index (χ4v) is 3.12. The summed E-state index contributed by atoms with van der Waals surface area (Å²) in [6.45, 7) is 2.58. The molecule has 102 valence electrons. The minimum Gasteiger partial charge on any atom is -0.381 e. The first-order chi connectivity index (χ1) is 9.15. The lowest BCUT2D eigenvalue weighted by Crippen LogP contribution is -2.20. The summed E-state index contributed by atoms with van der Waals surface area (Å²) in [5.74, 6) is 0.605. The summed E-state index contributed by atoms with van der Waals surface area (Å²) in [4.78, 5) is 3.19. The summed E-state index contributed by atoms with van der Waals surface area (Å²) in [5, 5.41) is 1.10. The molecule has 2 aromatic rings. The lowest BCUT2D eigenvalue weighted by Gasteiger charge is -2.22. The molecular weight excluding hydrogens is 303 g/mol. The molecule has 1 aromatic carbocycles. The molecule has 6 heteroatoms. The molecule has 0 amide bonds. The van der Waals surface area contributed by atoms with E-state index in [0.29, 0.717) is 16.0 Å². The van der Waals surface area contributed by atoms with Crippen molar-refractivity contribution in [2.24, 2.45) is 5.92 Å². The average Bonchev–Trinajstić information content (AvgIpc) is 2.68. The van der Waals surface area contributed by atoms with E-state index in [0.717, 1.165) is 48.4 Å². The molecule has 1 aliphatic heterocycles. The molecule has 2 heterocycles. The molecule has 3 nitrogen and oxygen atoms in total. The highest BCUT2D eigenvalue weighted by Gasteiger charge is 2.16. The van der Waals surface area contributed by atoms with Crippen LogP contribution in [0.15, 0.2) is 12.1 Å². The number of benzene rings is 1. The number of aromatic amines is 1. The summed E-state index contributed by atoms with van der Waals surface area (Å²) in [5.41, 5.74) is 1.96. The predicted molar refractivity (Wildman–Crippen MR) is 80.7 cm³/mol. The van der Waals surface area contributed by atoms with Gasteiger partial charge in [-0.25, -0.2) is 0 Å². The van der Waals surface area contributed by atoms with Gasteiger partial charge in [-0.3, -0.25) is 0 Å². The quantitative estimate of drug-likeness (QED) is 0.830. The van der Waals surface area contributed by atoms with Gasteiger partial charge in [0.2, 0.25) is 0 Å². The van der Waals surface area contributed by atoms with Crippen molar-refractivity contribution in [1.29, 1.82) is 0 Å². The Kier molecular flexibility index (Phi) is 3.85. The van der Waals surface area contributed by atoms with Crippen molar-refractivity contribution in [1.82, 2.24) is 9.55 Å². The highest BCUT2D eigenvalue weighted by atomic mass is 35.5. The Morgan fingerprint density at radius 3 is 2.68 bits per heavy atom. The number of rotatable bonds is 2. The van der Waals surface area contributed by atoms with Gasteiger partial charge in [-0.1, -0.05) is 23.2 Å². The third-order valence-corrected chi connectivity index (χ3v) is 4.64. The summed E-state index contributed by atoms with van der Waals surface area (Å²) in [6, 6.07) is 3.71. The average molecular weight is 317 g/mol. The van der Waals surface area contributed by atoms with E-state index in [9.17, 15) is 0 Å². The van der Waals surface area contributed by atoms with Crippen molar-refractivity contribution >= 4 is 46.5 Å². The van der Waals surface area contributed by atoms with E-state index in [1.807, 2.05) is 12.1 Å². The molecular formula is C13H14Cl2N2OS. The molecule has 0 radical (unpaired) electrons. The lowest BCUT2D eigenvalue weighted by atomic mass is 10.0. The monoisotopic (exact) mass is 316 g/mol. The molecule has 1 N–H and O–H groups in total. The van der Waals surface area contributed by atoms with Crippen molar-refractivity contribution in [2.45, 2.75) is 19.4 Å². The Labute approximate surface area is 126 Å². The molecule has 3 rings (SSSR count). The van der Waals surface area contributed by atoms with Gasteiger partial charge in [-0.2, -0.15) is 0 Å². The number of ether oxygens (including phenoxy) is 1. The zero-order valence-electron chi connectivity index (χ0n) is 10.3. The van der Waals surface area contributed by atoms with E-state index < -0.39 is 0 Å². The molecule has 1 aromatic heterocycles. The number of halogens is 2.